The Morgan fingerprint density at radius 1 is 0.362 bits per heavy atom. The Morgan fingerprint density at radius 3 is 0.915 bits per heavy atom. The molecule has 0 bridgehead atoms. The van der Waals surface area contributed by atoms with Crippen LogP contribution in [0, 0.1) is 5.92 Å². The van der Waals surface area contributed by atoms with Crippen LogP contribution in [-0.2, 0) is 14.4 Å². The van der Waals surface area contributed by atoms with Gasteiger partial charge in [0.25, 0.3) is 0 Å². The fourth-order valence-electron chi connectivity index (χ4n) is 7.02. The average Bonchev–Trinajstić information content (AvgIpc) is 3.07. The van der Waals surface area contributed by atoms with Gasteiger partial charge in [0.2, 0.25) is 0 Å². The Balaban J connectivity index is 3.36. The Hall–Kier alpha value is -0.990. The van der Waals surface area contributed by atoms with Gasteiger partial charge in [-0.2, -0.15) is 0 Å². The Labute approximate surface area is 295 Å². The van der Waals surface area contributed by atoms with Crippen molar-refractivity contribution in [3.63, 3.8) is 0 Å². The predicted octanol–water partition coefficient (Wildman–Crippen LogP) is 14.8. The minimum Gasteiger partial charge on any atom is -0.303 e. The molecule has 0 N–H and O–H groups in total. The molecule has 0 fully saturated rings. The zero-order valence-electron chi connectivity index (χ0n) is 32.2. The molecule has 278 valence electrons. The van der Waals surface area contributed by atoms with E-state index in [4.69, 9.17) is 0 Å². The lowest BCUT2D eigenvalue weighted by atomic mass is 9.94. The third kappa shape index (κ3) is 36.1. The van der Waals surface area contributed by atoms with E-state index < -0.39 is 0 Å². The van der Waals surface area contributed by atoms with Crippen molar-refractivity contribution in [1.29, 1.82) is 0 Å². The molecule has 0 aromatic heterocycles. The van der Waals surface area contributed by atoms with Gasteiger partial charge >= 0.3 is 0 Å². The second-order valence-electron chi connectivity index (χ2n) is 15.1. The van der Waals surface area contributed by atoms with Crippen LogP contribution in [0.3, 0.4) is 0 Å². The molecule has 0 amide bonds. The smallest absolute Gasteiger partial charge is 0.143 e. The normalized spacial score (nSPS) is 12.0. The van der Waals surface area contributed by atoms with E-state index in [-0.39, 0.29) is 11.7 Å². The molecular formula is C44H84O3. The van der Waals surface area contributed by atoms with Gasteiger partial charge in [-0.05, 0) is 25.7 Å². The molecule has 1 unspecified atom stereocenters. The molecule has 0 spiro atoms. The molecule has 0 saturated carbocycles. The number of hydrogen-bond donors (Lipinski definition) is 0. The zero-order chi connectivity index (χ0) is 34.3. The maximum absolute atomic E-state index is 12.4. The number of hydrogen-bond acceptors (Lipinski definition) is 3. The van der Waals surface area contributed by atoms with Crippen LogP contribution < -0.4 is 0 Å². The van der Waals surface area contributed by atoms with Crippen LogP contribution in [-0.4, -0.2) is 17.9 Å². The van der Waals surface area contributed by atoms with Crippen LogP contribution in [0.2, 0.25) is 0 Å². The van der Waals surface area contributed by atoms with Crippen molar-refractivity contribution in [3.8, 4) is 0 Å². The molecular weight excluding hydrogens is 576 g/mol. The Bertz CT molecular complexity index is 657. The van der Waals surface area contributed by atoms with Crippen molar-refractivity contribution in [2.24, 2.45) is 5.92 Å². The van der Waals surface area contributed by atoms with E-state index in [2.05, 4.69) is 13.8 Å². The van der Waals surface area contributed by atoms with E-state index in [1.807, 2.05) is 0 Å². The molecule has 0 aliphatic heterocycles. The second kappa shape index (κ2) is 39.4. The first kappa shape index (κ1) is 46.0. The summed E-state index contributed by atoms with van der Waals surface area (Å²) >= 11 is 0. The Kier molecular flexibility index (Phi) is 38.6. The van der Waals surface area contributed by atoms with Crippen molar-refractivity contribution in [2.75, 3.05) is 0 Å². The molecule has 0 aliphatic rings. The summed E-state index contributed by atoms with van der Waals surface area (Å²) in [6.07, 6.45) is 47.7. The zero-order valence-corrected chi connectivity index (χ0v) is 32.2. The largest absolute Gasteiger partial charge is 0.303 e. The molecule has 0 heterocycles. The number of rotatable bonds is 41. The molecule has 1 atom stereocenters. The van der Waals surface area contributed by atoms with Crippen molar-refractivity contribution in [3.05, 3.63) is 0 Å². The maximum atomic E-state index is 12.4. The molecule has 3 nitrogen and oxygen atoms in total. The van der Waals surface area contributed by atoms with Gasteiger partial charge in [-0.3, -0.25) is 9.59 Å². The van der Waals surface area contributed by atoms with Gasteiger partial charge in [0.05, 0.1) is 5.92 Å². The van der Waals surface area contributed by atoms with E-state index >= 15 is 0 Å². The summed E-state index contributed by atoms with van der Waals surface area (Å²) < 4.78 is 0. The van der Waals surface area contributed by atoms with Crippen molar-refractivity contribution in [2.45, 2.75) is 258 Å². The monoisotopic (exact) mass is 661 g/mol. The lowest BCUT2D eigenvalue weighted by molar-refractivity contribution is -0.127. The summed E-state index contributed by atoms with van der Waals surface area (Å²) in [5, 5.41) is 0. The first-order chi connectivity index (χ1) is 23.2. The van der Waals surface area contributed by atoms with Gasteiger partial charge in [-0.1, -0.05) is 213 Å². The van der Waals surface area contributed by atoms with E-state index in [1.165, 1.54) is 180 Å². The summed E-state index contributed by atoms with van der Waals surface area (Å²) in [7, 11) is 0. The fourth-order valence-corrected chi connectivity index (χ4v) is 7.02. The van der Waals surface area contributed by atoms with Gasteiger partial charge in [0.15, 0.2) is 0 Å². The molecule has 0 saturated heterocycles. The van der Waals surface area contributed by atoms with Gasteiger partial charge in [-0.25, -0.2) is 0 Å². The fraction of sp³-hybridized carbons (Fsp3) is 0.932. The van der Waals surface area contributed by atoms with E-state index in [9.17, 15) is 14.4 Å². The highest BCUT2D eigenvalue weighted by atomic mass is 16.1. The molecule has 0 radical (unpaired) electrons. The minimum absolute atomic E-state index is 0.183. The van der Waals surface area contributed by atoms with Gasteiger partial charge in [0, 0.05) is 19.3 Å². The first-order valence-electron chi connectivity index (χ1n) is 21.6. The number of aldehydes is 1. The van der Waals surface area contributed by atoms with Crippen LogP contribution >= 0.6 is 0 Å². The third-order valence-corrected chi connectivity index (χ3v) is 10.4. The van der Waals surface area contributed by atoms with Crippen LogP contribution in [0.4, 0.5) is 0 Å². The highest BCUT2D eigenvalue weighted by molar-refractivity contribution is 5.93. The molecule has 0 aromatic rings. The average molecular weight is 661 g/mol. The number of carbonyl (C=O) groups is 3. The van der Waals surface area contributed by atoms with Crippen molar-refractivity contribution < 1.29 is 14.4 Å². The molecule has 47 heavy (non-hydrogen) atoms. The van der Waals surface area contributed by atoms with Crippen LogP contribution in [0.15, 0.2) is 0 Å². The molecule has 0 rings (SSSR count). The number of carbonyl (C=O) groups excluding carboxylic acids is 3. The first-order valence-corrected chi connectivity index (χ1v) is 21.6. The summed E-state index contributed by atoms with van der Waals surface area (Å²) in [5.74, 6) is 0.333. The molecule has 3 heteroatoms. The number of unbranched alkanes of at least 4 members (excludes halogenated alkanes) is 31. The van der Waals surface area contributed by atoms with Crippen LogP contribution in [0.1, 0.15) is 258 Å². The molecule has 0 aliphatic carbocycles. The summed E-state index contributed by atoms with van der Waals surface area (Å²) in [6, 6.07) is 0. The predicted molar refractivity (Wildman–Crippen MR) is 206 cm³/mol. The topological polar surface area (TPSA) is 51.2 Å². The van der Waals surface area contributed by atoms with E-state index in [0.29, 0.717) is 12.2 Å². The van der Waals surface area contributed by atoms with Gasteiger partial charge < -0.3 is 4.79 Å². The standard InChI is InChI=1S/C44H84O3/c1-3-5-7-9-11-13-18-23-26-30-34-38-43(46)39-35-31-27-24-20-17-15-14-16-19-22-25-29-33-37-42(41-45)44(47)40-36-32-28-21-12-10-8-6-4-2/h41-42H,3-40H2,1-2H3. The van der Waals surface area contributed by atoms with Crippen LogP contribution in [0.25, 0.3) is 0 Å². The second-order valence-corrected chi connectivity index (χ2v) is 15.1. The third-order valence-electron chi connectivity index (χ3n) is 10.4. The number of Topliss-reactive ketones (excluding diaryl/α,β-unsaturated/α-hetero) is 2. The summed E-state index contributed by atoms with van der Waals surface area (Å²) in [5.41, 5.74) is 0. The van der Waals surface area contributed by atoms with Gasteiger partial charge in [0.1, 0.15) is 17.9 Å². The quantitative estimate of drug-likeness (QED) is 0.0372. The van der Waals surface area contributed by atoms with Crippen molar-refractivity contribution >= 4 is 17.9 Å². The maximum Gasteiger partial charge on any atom is 0.143 e. The lowest BCUT2D eigenvalue weighted by Gasteiger charge is -2.09. The summed E-state index contributed by atoms with van der Waals surface area (Å²) in [6.45, 7) is 4.53. The Morgan fingerprint density at radius 2 is 0.617 bits per heavy atom. The lowest BCUT2D eigenvalue weighted by Crippen LogP contribution is -2.15. The SMILES string of the molecule is CCCCCCCCCCCCCC(=O)CCCCCCCCCCCCCCCCC(C=O)C(=O)CCCCCCCCCCC. The minimum atomic E-state index is -0.351. The van der Waals surface area contributed by atoms with Crippen LogP contribution in [0.5, 0.6) is 0 Å². The van der Waals surface area contributed by atoms with Gasteiger partial charge in [-0.15, -0.1) is 0 Å². The van der Waals surface area contributed by atoms with E-state index in [1.54, 1.807) is 0 Å². The molecule has 0 aromatic carbocycles. The number of ketones is 2. The summed E-state index contributed by atoms with van der Waals surface area (Å²) in [4.78, 5) is 36.1. The highest BCUT2D eigenvalue weighted by Crippen LogP contribution is 2.18. The van der Waals surface area contributed by atoms with E-state index in [0.717, 1.165) is 64.1 Å². The highest BCUT2D eigenvalue weighted by Gasteiger charge is 2.16. The van der Waals surface area contributed by atoms with Crippen molar-refractivity contribution in [1.82, 2.24) is 0 Å².